The van der Waals surface area contributed by atoms with Crippen LogP contribution in [0.1, 0.15) is 35.6 Å². The molecule has 1 aliphatic heterocycles. The number of rotatable bonds is 10. The highest BCUT2D eigenvalue weighted by molar-refractivity contribution is 5.68. The van der Waals surface area contributed by atoms with Crippen LogP contribution in [0.2, 0.25) is 0 Å². The molecule has 10 heteroatoms. The van der Waals surface area contributed by atoms with Crippen molar-refractivity contribution in [2.45, 2.75) is 38.7 Å². The Kier molecular flexibility index (Phi) is 6.42. The Morgan fingerprint density at radius 3 is 2.69 bits per heavy atom. The second-order valence-corrected chi connectivity index (χ2v) is 7.94. The predicted molar refractivity (Wildman–Crippen MR) is 122 cm³/mol. The molecule has 0 saturated carbocycles. The van der Waals surface area contributed by atoms with Crippen LogP contribution in [-0.4, -0.2) is 26.3 Å². The molecule has 0 atom stereocenters. The largest absolute Gasteiger partial charge is 0.586 e. The van der Waals surface area contributed by atoms with Crippen LogP contribution in [0, 0.1) is 0 Å². The molecule has 8 nitrogen and oxygen atoms in total. The third-order valence-corrected chi connectivity index (χ3v) is 5.30. The van der Waals surface area contributed by atoms with Gasteiger partial charge >= 0.3 is 6.29 Å². The van der Waals surface area contributed by atoms with Crippen LogP contribution in [0.25, 0.3) is 12.2 Å². The highest BCUT2D eigenvalue weighted by atomic mass is 19.3. The van der Waals surface area contributed by atoms with E-state index in [1.165, 1.54) is 24.0 Å². The minimum absolute atomic E-state index is 0.00102. The van der Waals surface area contributed by atoms with Gasteiger partial charge in [0, 0.05) is 18.8 Å². The number of benzene rings is 2. The number of oxazole rings is 1. The van der Waals surface area contributed by atoms with E-state index in [0.717, 1.165) is 31.6 Å². The molecule has 0 N–H and O–H groups in total. The van der Waals surface area contributed by atoms with Crippen molar-refractivity contribution in [3.05, 3.63) is 83.8 Å². The fourth-order valence-electron chi connectivity index (χ4n) is 3.57. The summed E-state index contributed by atoms with van der Waals surface area (Å²) in [5, 5.41) is 7.76. The van der Waals surface area contributed by atoms with Crippen molar-refractivity contribution >= 4 is 12.2 Å². The number of halogens is 2. The van der Waals surface area contributed by atoms with Crippen molar-refractivity contribution < 1.29 is 27.4 Å². The Bertz CT molecular complexity index is 1290. The summed E-state index contributed by atoms with van der Waals surface area (Å²) in [4.78, 5) is 4.36. The van der Waals surface area contributed by atoms with Gasteiger partial charge in [0.15, 0.2) is 11.5 Å². The number of aromatic nitrogens is 4. The molecule has 0 radical (unpaired) electrons. The summed E-state index contributed by atoms with van der Waals surface area (Å²) < 4.78 is 48.2. The fourth-order valence-corrected chi connectivity index (χ4v) is 3.57. The van der Waals surface area contributed by atoms with Crippen molar-refractivity contribution in [1.82, 2.24) is 20.0 Å². The molecule has 2 aromatic heterocycles. The second kappa shape index (κ2) is 9.96. The molecule has 3 heterocycles. The normalized spacial score (nSPS) is 14.0. The van der Waals surface area contributed by atoms with Crippen molar-refractivity contribution in [1.29, 1.82) is 0 Å². The molecule has 0 aliphatic carbocycles. The smallest absolute Gasteiger partial charge is 0.487 e. The van der Waals surface area contributed by atoms with E-state index in [9.17, 15) is 8.78 Å². The average Bonchev–Trinajstić information content (AvgIpc) is 3.59. The highest BCUT2D eigenvalue weighted by Gasteiger charge is 2.43. The maximum absolute atomic E-state index is 13.1. The Morgan fingerprint density at radius 2 is 1.86 bits per heavy atom. The zero-order chi connectivity index (χ0) is 24.1. The van der Waals surface area contributed by atoms with E-state index in [1.807, 2.05) is 23.0 Å². The topological polar surface area (TPSA) is 84.4 Å². The van der Waals surface area contributed by atoms with E-state index in [2.05, 4.69) is 36.9 Å². The number of nitrogens with zero attached hydrogens (tertiary/aromatic N) is 4. The lowest BCUT2D eigenvalue weighted by Gasteiger charge is -2.06. The first-order valence-electron chi connectivity index (χ1n) is 11.1. The average molecular weight is 480 g/mol. The number of alkyl halides is 2. The molecule has 180 valence electrons. The molecular weight excluding hydrogens is 458 g/mol. The third kappa shape index (κ3) is 6.03. The number of hydrogen-bond donors (Lipinski definition) is 0. The van der Waals surface area contributed by atoms with Gasteiger partial charge in [-0.15, -0.1) is 13.9 Å². The summed E-state index contributed by atoms with van der Waals surface area (Å²) in [7, 11) is 0. The van der Waals surface area contributed by atoms with E-state index < -0.39 is 6.29 Å². The maximum Gasteiger partial charge on any atom is 0.586 e. The van der Waals surface area contributed by atoms with Crippen molar-refractivity contribution in [3.63, 3.8) is 0 Å². The third-order valence-electron chi connectivity index (χ3n) is 5.30. The van der Waals surface area contributed by atoms with Crippen molar-refractivity contribution in [2.75, 3.05) is 0 Å². The van der Waals surface area contributed by atoms with E-state index >= 15 is 0 Å². The monoisotopic (exact) mass is 480 g/mol. The first-order chi connectivity index (χ1) is 17.0. The van der Waals surface area contributed by atoms with Crippen LogP contribution < -0.4 is 14.2 Å². The summed E-state index contributed by atoms with van der Waals surface area (Å²) in [6, 6.07) is 12.5. The van der Waals surface area contributed by atoms with E-state index in [-0.39, 0.29) is 18.1 Å². The van der Waals surface area contributed by atoms with Gasteiger partial charge < -0.3 is 18.6 Å². The molecule has 0 fully saturated rings. The zero-order valence-electron chi connectivity index (χ0n) is 18.6. The van der Waals surface area contributed by atoms with Gasteiger partial charge in [-0.25, -0.2) is 4.98 Å². The van der Waals surface area contributed by atoms with Crippen LogP contribution in [0.5, 0.6) is 17.2 Å². The molecule has 0 amide bonds. The first kappa shape index (κ1) is 22.6. The van der Waals surface area contributed by atoms with E-state index in [0.29, 0.717) is 17.1 Å². The number of unbranched alkanes of at least 4 members (excludes halogenated alkanes) is 1. The van der Waals surface area contributed by atoms with Crippen molar-refractivity contribution in [2.24, 2.45) is 0 Å². The zero-order valence-corrected chi connectivity index (χ0v) is 18.6. The molecule has 35 heavy (non-hydrogen) atoms. The lowest BCUT2D eigenvalue weighted by atomic mass is 10.1. The second-order valence-electron chi connectivity index (χ2n) is 7.94. The quantitative estimate of drug-likeness (QED) is 0.283. The van der Waals surface area contributed by atoms with Gasteiger partial charge in [-0.05, 0) is 60.7 Å². The van der Waals surface area contributed by atoms with Crippen LogP contribution in [-0.2, 0) is 19.6 Å². The molecule has 0 unspecified atom stereocenters. The Labute approximate surface area is 199 Å². The summed E-state index contributed by atoms with van der Waals surface area (Å²) in [5.74, 6) is 1.09. The number of aryl methyl sites for hydroxylation is 2. The van der Waals surface area contributed by atoms with Crippen molar-refractivity contribution in [3.8, 4) is 17.2 Å². The fraction of sp³-hybridized carbons (Fsp3) is 0.240. The molecular formula is C25H22F2N4O4. The molecule has 1 aliphatic rings. The van der Waals surface area contributed by atoms with Crippen LogP contribution in [0.15, 0.2) is 65.5 Å². The number of hydrogen-bond acceptors (Lipinski definition) is 7. The van der Waals surface area contributed by atoms with Gasteiger partial charge in [0.2, 0.25) is 5.89 Å². The molecule has 0 spiro atoms. The minimum atomic E-state index is -3.64. The van der Waals surface area contributed by atoms with Gasteiger partial charge in [0.25, 0.3) is 0 Å². The van der Waals surface area contributed by atoms with E-state index in [1.54, 1.807) is 24.4 Å². The Morgan fingerprint density at radius 1 is 1.00 bits per heavy atom. The first-order valence-corrected chi connectivity index (χ1v) is 11.1. The van der Waals surface area contributed by atoms with Gasteiger partial charge in [-0.2, -0.15) is 0 Å². The standard InChI is InChI=1S/C25H22F2N4O4/c26-25(27)34-22-10-6-19(15-23(22)35-25)7-11-24-29-20(17-33-24)16-32-21-8-4-18(5-9-21)3-1-2-13-31-14-12-28-30-31/h4-12,14-15,17H,1-3,13,16H2. The van der Waals surface area contributed by atoms with Crippen LogP contribution in [0.3, 0.4) is 0 Å². The summed E-state index contributed by atoms with van der Waals surface area (Å²) >= 11 is 0. The molecule has 0 bridgehead atoms. The Hall–Kier alpha value is -4.21. The predicted octanol–water partition coefficient (Wildman–Crippen LogP) is 5.36. The molecule has 2 aromatic carbocycles. The lowest BCUT2D eigenvalue weighted by molar-refractivity contribution is -0.286. The summed E-state index contributed by atoms with van der Waals surface area (Å²) in [6.07, 6.45) is 7.83. The lowest BCUT2D eigenvalue weighted by Crippen LogP contribution is -2.25. The number of fused-ring (bicyclic) bond motifs is 1. The van der Waals surface area contributed by atoms with Crippen LogP contribution in [0.4, 0.5) is 8.78 Å². The SMILES string of the molecule is FC1(F)Oc2ccc(C=Cc3nc(COc4ccc(CCCCn5ccnn5)cc4)co3)cc2O1. The van der Waals surface area contributed by atoms with Gasteiger partial charge in [0.1, 0.15) is 24.3 Å². The van der Waals surface area contributed by atoms with Gasteiger partial charge in [0.05, 0.1) is 6.20 Å². The van der Waals surface area contributed by atoms with Gasteiger partial charge in [-0.1, -0.05) is 23.4 Å². The van der Waals surface area contributed by atoms with Crippen LogP contribution >= 0.6 is 0 Å². The summed E-state index contributed by atoms with van der Waals surface area (Å²) in [5.41, 5.74) is 2.52. The minimum Gasteiger partial charge on any atom is -0.487 e. The maximum atomic E-state index is 13.1. The molecule has 5 rings (SSSR count). The molecule has 0 saturated heterocycles. The van der Waals surface area contributed by atoms with Gasteiger partial charge in [-0.3, -0.25) is 4.68 Å². The molecule has 4 aromatic rings. The summed E-state index contributed by atoms with van der Waals surface area (Å²) in [6.45, 7) is 1.12. The Balaban J connectivity index is 1.08. The number of ether oxygens (including phenoxy) is 3. The highest BCUT2D eigenvalue weighted by Crippen LogP contribution is 2.41. The van der Waals surface area contributed by atoms with E-state index in [4.69, 9.17) is 9.15 Å².